The lowest BCUT2D eigenvalue weighted by Crippen LogP contribution is -2.45. The van der Waals surface area contributed by atoms with Crippen LogP contribution in [0.25, 0.3) is 0 Å². The Bertz CT molecular complexity index is 997. The van der Waals surface area contributed by atoms with E-state index in [2.05, 4.69) is 70.6 Å². The molecule has 166 valence electrons. The minimum Gasteiger partial charge on any atom is -0.484 e. The fourth-order valence-electron chi connectivity index (χ4n) is 3.96. The first-order valence-corrected chi connectivity index (χ1v) is 11.3. The van der Waals surface area contributed by atoms with Crippen molar-refractivity contribution in [3.8, 4) is 5.75 Å². The molecule has 1 aliphatic heterocycles. The Balaban J connectivity index is 1.23. The third kappa shape index (κ3) is 6.11. The predicted octanol–water partition coefficient (Wildman–Crippen LogP) is 4.59. The molecule has 0 unspecified atom stereocenters. The van der Waals surface area contributed by atoms with Crippen LogP contribution < -0.4 is 15.0 Å². The summed E-state index contributed by atoms with van der Waals surface area (Å²) in [6.45, 7) is 7.20. The van der Waals surface area contributed by atoms with E-state index >= 15 is 0 Å². The average molecular weight is 430 g/mol. The maximum Gasteiger partial charge on any atom is 0.262 e. The molecule has 1 N–H and O–H groups in total. The van der Waals surface area contributed by atoms with Crippen molar-refractivity contribution in [3.63, 3.8) is 0 Å². The molecule has 0 aromatic heterocycles. The molecule has 0 aliphatic carbocycles. The van der Waals surface area contributed by atoms with E-state index in [-0.39, 0.29) is 12.5 Å². The molecule has 0 radical (unpaired) electrons. The number of anilines is 2. The number of ether oxygens (including phenoxy) is 1. The van der Waals surface area contributed by atoms with Crippen molar-refractivity contribution in [2.75, 3.05) is 43.0 Å². The van der Waals surface area contributed by atoms with E-state index in [1.54, 1.807) is 0 Å². The van der Waals surface area contributed by atoms with Crippen LogP contribution in [0.4, 0.5) is 11.4 Å². The van der Waals surface area contributed by atoms with Crippen LogP contribution in [0.2, 0.25) is 0 Å². The van der Waals surface area contributed by atoms with Crippen LogP contribution in [0.5, 0.6) is 5.75 Å². The third-order valence-electron chi connectivity index (χ3n) is 5.81. The molecular formula is C27H31N3O2. The Labute approximate surface area is 190 Å². The van der Waals surface area contributed by atoms with E-state index in [0.717, 1.165) is 50.6 Å². The molecule has 1 saturated heterocycles. The Kier molecular flexibility index (Phi) is 7.41. The summed E-state index contributed by atoms with van der Waals surface area (Å²) in [6.07, 6.45) is 0.942. The van der Waals surface area contributed by atoms with Crippen LogP contribution in [0.15, 0.2) is 78.9 Å². The van der Waals surface area contributed by atoms with Gasteiger partial charge in [-0.2, -0.15) is 0 Å². The fourth-order valence-corrected chi connectivity index (χ4v) is 3.96. The standard InChI is InChI=1S/C27H31N3O2/c1-2-22-9-6-10-26(19-22)32-21-27(31)28-24-11-13-25(14-12-24)30-17-15-29(16-18-30)20-23-7-4-3-5-8-23/h3-14,19H,2,15-18,20-21H2,1H3,(H,28,31). The smallest absolute Gasteiger partial charge is 0.262 e. The van der Waals surface area contributed by atoms with Gasteiger partial charge in [0.15, 0.2) is 6.61 Å². The molecule has 1 fully saturated rings. The van der Waals surface area contributed by atoms with Gasteiger partial charge in [0, 0.05) is 44.1 Å². The number of carbonyl (C=O) groups is 1. The zero-order valence-corrected chi connectivity index (χ0v) is 18.7. The normalized spacial score (nSPS) is 14.2. The van der Waals surface area contributed by atoms with E-state index in [1.165, 1.54) is 16.8 Å². The van der Waals surface area contributed by atoms with E-state index in [4.69, 9.17) is 4.74 Å². The highest BCUT2D eigenvalue weighted by Gasteiger charge is 2.17. The number of hydrogen-bond acceptors (Lipinski definition) is 4. The van der Waals surface area contributed by atoms with Gasteiger partial charge in [0.25, 0.3) is 5.91 Å². The lowest BCUT2D eigenvalue weighted by atomic mass is 10.2. The van der Waals surface area contributed by atoms with E-state index in [0.29, 0.717) is 0 Å². The minimum absolute atomic E-state index is 0.00169. The van der Waals surface area contributed by atoms with Crippen LogP contribution in [-0.2, 0) is 17.8 Å². The molecule has 1 amide bonds. The first-order chi connectivity index (χ1) is 15.7. The first-order valence-electron chi connectivity index (χ1n) is 11.3. The molecule has 3 aromatic carbocycles. The van der Waals surface area contributed by atoms with E-state index < -0.39 is 0 Å². The first kappa shape index (κ1) is 21.9. The summed E-state index contributed by atoms with van der Waals surface area (Å²) in [4.78, 5) is 17.2. The molecule has 0 saturated carbocycles. The van der Waals surface area contributed by atoms with Gasteiger partial charge < -0.3 is 15.0 Å². The number of hydrogen-bond donors (Lipinski definition) is 1. The summed E-state index contributed by atoms with van der Waals surface area (Å²) in [5.41, 5.74) is 4.53. The summed E-state index contributed by atoms with van der Waals surface area (Å²) in [5, 5.41) is 2.91. The maximum absolute atomic E-state index is 12.3. The van der Waals surface area contributed by atoms with Crippen molar-refractivity contribution >= 4 is 17.3 Å². The van der Waals surface area contributed by atoms with Crippen LogP contribution in [-0.4, -0.2) is 43.6 Å². The summed E-state index contributed by atoms with van der Waals surface area (Å²) in [7, 11) is 0. The molecule has 32 heavy (non-hydrogen) atoms. The molecule has 1 aliphatic rings. The van der Waals surface area contributed by atoms with Gasteiger partial charge in [-0.25, -0.2) is 0 Å². The highest BCUT2D eigenvalue weighted by molar-refractivity contribution is 5.92. The van der Waals surface area contributed by atoms with Crippen LogP contribution in [0.3, 0.4) is 0 Å². The van der Waals surface area contributed by atoms with Gasteiger partial charge in [-0.05, 0) is 53.9 Å². The maximum atomic E-state index is 12.3. The second-order valence-corrected chi connectivity index (χ2v) is 8.13. The Morgan fingerprint density at radius 1 is 0.875 bits per heavy atom. The molecule has 0 bridgehead atoms. The number of nitrogens with one attached hydrogen (secondary N) is 1. The summed E-state index contributed by atoms with van der Waals surface area (Å²) in [6, 6.07) is 26.6. The van der Waals surface area contributed by atoms with Crippen molar-refractivity contribution in [2.24, 2.45) is 0 Å². The van der Waals surface area contributed by atoms with Crippen molar-refractivity contribution in [1.82, 2.24) is 4.90 Å². The van der Waals surface area contributed by atoms with Crippen molar-refractivity contribution < 1.29 is 9.53 Å². The van der Waals surface area contributed by atoms with Crippen molar-refractivity contribution in [2.45, 2.75) is 19.9 Å². The molecule has 4 rings (SSSR count). The number of benzene rings is 3. The lowest BCUT2D eigenvalue weighted by molar-refractivity contribution is -0.118. The van der Waals surface area contributed by atoms with Gasteiger partial charge in [-0.15, -0.1) is 0 Å². The Hall–Kier alpha value is -3.31. The molecule has 1 heterocycles. The van der Waals surface area contributed by atoms with Gasteiger partial charge in [0.05, 0.1) is 0 Å². The fraction of sp³-hybridized carbons (Fsp3) is 0.296. The summed E-state index contributed by atoms with van der Waals surface area (Å²) >= 11 is 0. The molecule has 5 heteroatoms. The third-order valence-corrected chi connectivity index (χ3v) is 5.81. The quantitative estimate of drug-likeness (QED) is 0.569. The summed E-state index contributed by atoms with van der Waals surface area (Å²) in [5.74, 6) is 0.565. The Morgan fingerprint density at radius 2 is 1.59 bits per heavy atom. The number of piperazine rings is 1. The van der Waals surface area contributed by atoms with E-state index in [1.807, 2.05) is 30.3 Å². The number of aryl methyl sites for hydroxylation is 1. The van der Waals surface area contributed by atoms with Gasteiger partial charge in [-0.1, -0.05) is 49.4 Å². The number of amides is 1. The molecule has 0 atom stereocenters. The second-order valence-electron chi connectivity index (χ2n) is 8.13. The topological polar surface area (TPSA) is 44.8 Å². The van der Waals surface area contributed by atoms with Crippen LogP contribution in [0.1, 0.15) is 18.1 Å². The van der Waals surface area contributed by atoms with Crippen molar-refractivity contribution in [3.05, 3.63) is 90.0 Å². The predicted molar refractivity (Wildman–Crippen MR) is 130 cm³/mol. The second kappa shape index (κ2) is 10.8. The SMILES string of the molecule is CCc1cccc(OCC(=O)Nc2ccc(N3CCN(Cc4ccccc4)CC3)cc2)c1. The average Bonchev–Trinajstić information content (AvgIpc) is 2.84. The molecule has 3 aromatic rings. The van der Waals surface area contributed by atoms with Gasteiger partial charge in [0.2, 0.25) is 0 Å². The molecule has 5 nitrogen and oxygen atoms in total. The Morgan fingerprint density at radius 3 is 2.31 bits per heavy atom. The largest absolute Gasteiger partial charge is 0.484 e. The highest BCUT2D eigenvalue weighted by atomic mass is 16.5. The highest BCUT2D eigenvalue weighted by Crippen LogP contribution is 2.20. The van der Waals surface area contributed by atoms with Crippen LogP contribution in [0, 0.1) is 0 Å². The monoisotopic (exact) mass is 429 g/mol. The molecular weight excluding hydrogens is 398 g/mol. The summed E-state index contributed by atoms with van der Waals surface area (Å²) < 4.78 is 5.63. The zero-order chi connectivity index (χ0) is 22.2. The van der Waals surface area contributed by atoms with E-state index in [9.17, 15) is 4.79 Å². The number of carbonyl (C=O) groups excluding carboxylic acids is 1. The van der Waals surface area contributed by atoms with Crippen LogP contribution >= 0.6 is 0 Å². The van der Waals surface area contributed by atoms with Gasteiger partial charge in [0.1, 0.15) is 5.75 Å². The zero-order valence-electron chi connectivity index (χ0n) is 18.7. The number of rotatable bonds is 8. The van der Waals surface area contributed by atoms with Gasteiger partial charge in [-0.3, -0.25) is 9.69 Å². The minimum atomic E-state index is -0.158. The molecule has 0 spiro atoms. The van der Waals surface area contributed by atoms with Gasteiger partial charge >= 0.3 is 0 Å². The number of nitrogens with zero attached hydrogens (tertiary/aromatic N) is 2. The van der Waals surface area contributed by atoms with Crippen molar-refractivity contribution in [1.29, 1.82) is 0 Å². The lowest BCUT2D eigenvalue weighted by Gasteiger charge is -2.36.